The molecule has 0 spiro atoms. The summed E-state index contributed by atoms with van der Waals surface area (Å²) in [5.41, 5.74) is -0.404. The minimum absolute atomic E-state index is 0.0832. The van der Waals surface area contributed by atoms with Crippen LogP contribution in [-0.4, -0.2) is 46.0 Å². The maximum atomic E-state index is 14.3. The molecule has 1 rings (SSSR count). The van der Waals surface area contributed by atoms with Gasteiger partial charge in [0.2, 0.25) is 11.8 Å². The van der Waals surface area contributed by atoms with Crippen LogP contribution >= 0.6 is 0 Å². The predicted molar refractivity (Wildman–Crippen MR) is 149 cm³/mol. The molecule has 1 aromatic rings. The summed E-state index contributed by atoms with van der Waals surface area (Å²) in [6.07, 6.45) is 7.48. The minimum atomic E-state index is -0.994. The van der Waals surface area contributed by atoms with Gasteiger partial charge in [0.1, 0.15) is 17.7 Å². The first kappa shape index (κ1) is 32.0. The van der Waals surface area contributed by atoms with Crippen LogP contribution in [0.2, 0.25) is 0 Å². The van der Waals surface area contributed by atoms with Crippen molar-refractivity contribution in [2.75, 3.05) is 0 Å². The molecular formula is C30H47N3O4. The summed E-state index contributed by atoms with van der Waals surface area (Å²) in [4.78, 5) is 42.5. The van der Waals surface area contributed by atoms with E-state index in [0.717, 1.165) is 12.8 Å². The van der Waals surface area contributed by atoms with Gasteiger partial charge in [0.15, 0.2) is 0 Å². The number of hydrogen-bond donors (Lipinski definition) is 2. The van der Waals surface area contributed by atoms with E-state index in [0.29, 0.717) is 17.5 Å². The Bertz CT molecular complexity index is 968. The molecule has 0 bridgehead atoms. The molecule has 0 aliphatic carbocycles. The lowest BCUT2D eigenvalue weighted by molar-refractivity contribution is -0.149. The van der Waals surface area contributed by atoms with E-state index in [1.807, 2.05) is 53.7 Å². The van der Waals surface area contributed by atoms with Crippen molar-refractivity contribution in [1.29, 1.82) is 0 Å². The summed E-state index contributed by atoms with van der Waals surface area (Å²) < 4.78 is 5.46. The molecule has 37 heavy (non-hydrogen) atoms. The Morgan fingerprint density at radius 1 is 1.03 bits per heavy atom. The number of hydrogen-bond acceptors (Lipinski definition) is 4. The van der Waals surface area contributed by atoms with Gasteiger partial charge in [0.05, 0.1) is 0 Å². The summed E-state index contributed by atoms with van der Waals surface area (Å²) in [7, 11) is 0. The summed E-state index contributed by atoms with van der Waals surface area (Å²) in [6, 6.07) is 5.19. The number of nitrogens with one attached hydrogen (secondary N) is 2. The van der Waals surface area contributed by atoms with Crippen molar-refractivity contribution in [2.24, 2.45) is 5.92 Å². The van der Waals surface area contributed by atoms with Crippen LogP contribution in [0, 0.1) is 18.3 Å². The SMILES string of the molecule is C#Cc1ccccc1C(C(=O)NC(C)CCC)N(C(=O)C(NC(=O)OC(C)(C)C)C(C)CC)C(C)(C)C. The number of nitrogens with zero attached hydrogens (tertiary/aromatic N) is 1. The third kappa shape index (κ3) is 9.42. The molecule has 2 N–H and O–H groups in total. The van der Waals surface area contributed by atoms with Crippen LogP contribution in [0.4, 0.5) is 4.79 Å². The Labute approximate surface area is 224 Å². The second-order valence-electron chi connectivity index (χ2n) is 11.7. The van der Waals surface area contributed by atoms with Crippen LogP contribution in [0.3, 0.4) is 0 Å². The summed E-state index contributed by atoms with van der Waals surface area (Å²) in [5.74, 6) is 1.77. The smallest absolute Gasteiger partial charge is 0.408 e. The Hall–Kier alpha value is -3.01. The van der Waals surface area contributed by atoms with Gasteiger partial charge in [-0.2, -0.15) is 0 Å². The molecule has 0 aliphatic heterocycles. The van der Waals surface area contributed by atoms with Gasteiger partial charge in [-0.05, 0) is 72.4 Å². The zero-order valence-corrected chi connectivity index (χ0v) is 24.4. The molecule has 0 radical (unpaired) electrons. The molecule has 0 saturated carbocycles. The second-order valence-corrected chi connectivity index (χ2v) is 11.7. The monoisotopic (exact) mass is 513 g/mol. The van der Waals surface area contributed by atoms with Crippen LogP contribution in [0.15, 0.2) is 24.3 Å². The summed E-state index contributed by atoms with van der Waals surface area (Å²) in [6.45, 7) is 18.8. The highest BCUT2D eigenvalue weighted by Crippen LogP contribution is 2.33. The van der Waals surface area contributed by atoms with Crippen molar-refractivity contribution < 1.29 is 19.1 Å². The highest BCUT2D eigenvalue weighted by molar-refractivity contribution is 5.93. The number of alkyl carbamates (subject to hydrolysis) is 1. The van der Waals surface area contributed by atoms with Crippen molar-refractivity contribution >= 4 is 17.9 Å². The Morgan fingerprint density at radius 2 is 1.62 bits per heavy atom. The average Bonchev–Trinajstić information content (AvgIpc) is 2.78. The normalized spacial score (nSPS) is 14.9. The van der Waals surface area contributed by atoms with Crippen LogP contribution in [0.5, 0.6) is 0 Å². The Morgan fingerprint density at radius 3 is 2.11 bits per heavy atom. The van der Waals surface area contributed by atoms with Crippen molar-refractivity contribution in [2.45, 2.75) is 118 Å². The minimum Gasteiger partial charge on any atom is -0.444 e. The fraction of sp³-hybridized carbons (Fsp3) is 0.633. The molecule has 7 nitrogen and oxygen atoms in total. The first-order valence-corrected chi connectivity index (χ1v) is 13.3. The standard InChI is InChI=1S/C30H47N3O4/c1-12-17-21(5)31-26(34)25(23-19-16-15-18-22(23)14-3)33(29(6,7)8)27(35)24(20(4)13-2)32-28(36)37-30(9,10)11/h3,15-16,18-21,24-25H,12-13,17H2,1-2,4-11H3,(H,31,34)(H,32,36). The van der Waals surface area contributed by atoms with E-state index in [9.17, 15) is 14.4 Å². The number of ether oxygens (including phenoxy) is 1. The third-order valence-corrected chi connectivity index (χ3v) is 6.14. The molecule has 206 valence electrons. The van der Waals surface area contributed by atoms with Crippen LogP contribution in [0.25, 0.3) is 0 Å². The van der Waals surface area contributed by atoms with E-state index in [1.165, 1.54) is 0 Å². The van der Waals surface area contributed by atoms with Gasteiger partial charge in [0.25, 0.3) is 0 Å². The fourth-order valence-corrected chi connectivity index (χ4v) is 4.20. The molecule has 0 saturated heterocycles. The molecular weight excluding hydrogens is 466 g/mol. The van der Waals surface area contributed by atoms with Gasteiger partial charge < -0.3 is 20.3 Å². The highest BCUT2D eigenvalue weighted by Gasteiger charge is 2.43. The zero-order valence-electron chi connectivity index (χ0n) is 24.4. The fourth-order valence-electron chi connectivity index (χ4n) is 4.20. The topological polar surface area (TPSA) is 87.7 Å². The molecule has 7 heteroatoms. The Kier molecular flexibility index (Phi) is 11.7. The van der Waals surface area contributed by atoms with E-state index in [4.69, 9.17) is 11.2 Å². The highest BCUT2D eigenvalue weighted by atomic mass is 16.6. The van der Waals surface area contributed by atoms with Gasteiger partial charge in [-0.1, -0.05) is 57.7 Å². The van der Waals surface area contributed by atoms with Crippen LogP contribution in [-0.2, 0) is 14.3 Å². The molecule has 4 unspecified atom stereocenters. The Balaban J connectivity index is 3.69. The lowest BCUT2D eigenvalue weighted by atomic mass is 9.90. The van der Waals surface area contributed by atoms with Crippen molar-refractivity contribution in [3.05, 3.63) is 35.4 Å². The third-order valence-electron chi connectivity index (χ3n) is 6.14. The lowest BCUT2D eigenvalue weighted by Crippen LogP contribution is -2.60. The van der Waals surface area contributed by atoms with E-state index >= 15 is 0 Å². The number of terminal acetylenes is 1. The van der Waals surface area contributed by atoms with Crippen LogP contribution in [0.1, 0.15) is 106 Å². The molecule has 4 atom stereocenters. The average molecular weight is 514 g/mol. The maximum absolute atomic E-state index is 14.3. The summed E-state index contributed by atoms with van der Waals surface area (Å²) >= 11 is 0. The van der Waals surface area contributed by atoms with Gasteiger partial charge in [-0.15, -0.1) is 6.42 Å². The quantitative estimate of drug-likeness (QED) is 0.400. The molecule has 0 aliphatic rings. The molecule has 0 aromatic heterocycles. The molecule has 1 aromatic carbocycles. The first-order valence-electron chi connectivity index (χ1n) is 13.3. The second kappa shape index (κ2) is 13.5. The van der Waals surface area contributed by atoms with Crippen LogP contribution < -0.4 is 10.6 Å². The lowest BCUT2D eigenvalue weighted by Gasteiger charge is -2.44. The molecule has 0 heterocycles. The maximum Gasteiger partial charge on any atom is 0.408 e. The van der Waals surface area contributed by atoms with Crippen molar-refractivity contribution in [3.8, 4) is 12.3 Å². The van der Waals surface area contributed by atoms with Gasteiger partial charge in [-0.3, -0.25) is 9.59 Å². The number of carbonyl (C=O) groups is 3. The van der Waals surface area contributed by atoms with Gasteiger partial charge in [-0.25, -0.2) is 4.79 Å². The van der Waals surface area contributed by atoms with E-state index < -0.39 is 29.3 Å². The number of amides is 3. The van der Waals surface area contributed by atoms with Crippen molar-refractivity contribution in [3.63, 3.8) is 0 Å². The van der Waals surface area contributed by atoms with Gasteiger partial charge in [0, 0.05) is 17.1 Å². The summed E-state index contributed by atoms with van der Waals surface area (Å²) in [5, 5.41) is 5.87. The molecule has 0 fully saturated rings. The largest absolute Gasteiger partial charge is 0.444 e. The first-order chi connectivity index (χ1) is 17.1. The zero-order chi connectivity index (χ0) is 28.6. The number of rotatable bonds is 10. The molecule has 3 amide bonds. The van der Waals surface area contributed by atoms with E-state index in [1.54, 1.807) is 37.8 Å². The van der Waals surface area contributed by atoms with Crippen molar-refractivity contribution in [1.82, 2.24) is 15.5 Å². The van der Waals surface area contributed by atoms with E-state index in [-0.39, 0.29) is 23.8 Å². The number of benzene rings is 1. The number of carbonyl (C=O) groups excluding carboxylic acids is 3. The van der Waals surface area contributed by atoms with E-state index in [2.05, 4.69) is 23.5 Å². The predicted octanol–water partition coefficient (Wildman–Crippen LogP) is 5.58. The van der Waals surface area contributed by atoms with Gasteiger partial charge >= 0.3 is 6.09 Å².